The number of morpholine rings is 1. The van der Waals surface area contributed by atoms with Gasteiger partial charge in [-0.15, -0.1) is 22.7 Å². The fourth-order valence-corrected chi connectivity index (χ4v) is 5.35. The van der Waals surface area contributed by atoms with Gasteiger partial charge in [-0.2, -0.15) is 0 Å². The standard InChI is InChI=1S/C21H22ClN3O2S2/c1-14-19(29-21(24-14)15-4-6-16(22)7-5-15)20(26)23-13-17(18-3-2-12-28-18)25-8-10-27-11-9-25/h2-7,12,17H,8-11,13H2,1H3,(H,23,26)/t17-/m1/s1. The minimum atomic E-state index is -0.0740. The number of thiophene rings is 1. The number of rotatable bonds is 6. The summed E-state index contributed by atoms with van der Waals surface area (Å²) in [5.74, 6) is -0.0740. The second-order valence-corrected chi connectivity index (χ2v) is 9.24. The smallest absolute Gasteiger partial charge is 0.263 e. The molecule has 1 aromatic carbocycles. The summed E-state index contributed by atoms with van der Waals surface area (Å²) in [5.41, 5.74) is 1.71. The zero-order chi connectivity index (χ0) is 20.2. The maximum absolute atomic E-state index is 12.9. The van der Waals surface area contributed by atoms with Crippen LogP contribution >= 0.6 is 34.3 Å². The summed E-state index contributed by atoms with van der Waals surface area (Å²) in [5, 5.41) is 6.72. The molecule has 1 aliphatic heterocycles. The third kappa shape index (κ3) is 4.87. The van der Waals surface area contributed by atoms with Crippen LogP contribution < -0.4 is 5.32 Å². The predicted octanol–water partition coefficient (Wildman–Crippen LogP) is 4.64. The Labute approximate surface area is 183 Å². The summed E-state index contributed by atoms with van der Waals surface area (Å²) in [6.07, 6.45) is 0. The van der Waals surface area contributed by atoms with E-state index in [-0.39, 0.29) is 11.9 Å². The van der Waals surface area contributed by atoms with Crippen molar-refractivity contribution in [2.45, 2.75) is 13.0 Å². The fraction of sp³-hybridized carbons (Fsp3) is 0.333. The molecule has 0 bridgehead atoms. The Bertz CT molecular complexity index is 951. The van der Waals surface area contributed by atoms with Gasteiger partial charge >= 0.3 is 0 Å². The van der Waals surface area contributed by atoms with Crippen LogP contribution in [0.3, 0.4) is 0 Å². The number of nitrogens with one attached hydrogen (secondary N) is 1. The third-order valence-corrected chi connectivity index (χ3v) is 7.34. The number of hydrogen-bond donors (Lipinski definition) is 1. The van der Waals surface area contributed by atoms with Crippen LogP contribution in [0.2, 0.25) is 5.02 Å². The molecule has 1 aliphatic rings. The van der Waals surface area contributed by atoms with Crippen LogP contribution in [0.4, 0.5) is 0 Å². The van der Waals surface area contributed by atoms with Crippen LogP contribution in [0, 0.1) is 6.92 Å². The van der Waals surface area contributed by atoms with Crippen LogP contribution in [-0.2, 0) is 4.74 Å². The maximum Gasteiger partial charge on any atom is 0.263 e. The topological polar surface area (TPSA) is 54.5 Å². The van der Waals surface area contributed by atoms with Gasteiger partial charge < -0.3 is 10.1 Å². The monoisotopic (exact) mass is 447 g/mol. The molecule has 1 saturated heterocycles. The largest absolute Gasteiger partial charge is 0.379 e. The molecule has 0 unspecified atom stereocenters. The van der Waals surface area contributed by atoms with Gasteiger partial charge in [0.05, 0.1) is 24.9 Å². The van der Waals surface area contributed by atoms with E-state index in [9.17, 15) is 4.79 Å². The first-order valence-corrected chi connectivity index (χ1v) is 11.6. The summed E-state index contributed by atoms with van der Waals surface area (Å²) >= 11 is 9.11. The SMILES string of the molecule is Cc1nc(-c2ccc(Cl)cc2)sc1C(=O)NC[C@H](c1cccs1)N1CCOCC1. The van der Waals surface area contributed by atoms with Gasteiger partial charge in [0, 0.05) is 35.1 Å². The molecule has 0 aliphatic carbocycles. The first-order chi connectivity index (χ1) is 14.1. The second kappa shape index (κ2) is 9.36. The van der Waals surface area contributed by atoms with E-state index >= 15 is 0 Å². The lowest BCUT2D eigenvalue weighted by Gasteiger charge is -2.34. The van der Waals surface area contributed by atoms with Crippen molar-refractivity contribution in [3.8, 4) is 10.6 Å². The van der Waals surface area contributed by atoms with Gasteiger partial charge in [0.2, 0.25) is 0 Å². The van der Waals surface area contributed by atoms with E-state index in [1.54, 1.807) is 11.3 Å². The van der Waals surface area contributed by atoms with Crippen molar-refractivity contribution >= 4 is 40.2 Å². The van der Waals surface area contributed by atoms with Crippen LogP contribution in [0.1, 0.15) is 26.3 Å². The van der Waals surface area contributed by atoms with Gasteiger partial charge in [-0.1, -0.05) is 29.8 Å². The zero-order valence-corrected chi connectivity index (χ0v) is 18.4. The average molecular weight is 448 g/mol. The van der Waals surface area contributed by atoms with Crippen molar-refractivity contribution in [1.29, 1.82) is 0 Å². The average Bonchev–Trinajstić information content (AvgIpc) is 3.40. The Morgan fingerprint density at radius 3 is 2.72 bits per heavy atom. The number of halogens is 1. The number of amides is 1. The lowest BCUT2D eigenvalue weighted by molar-refractivity contribution is 0.0169. The molecule has 4 rings (SSSR count). The molecule has 3 aromatic rings. The summed E-state index contributed by atoms with van der Waals surface area (Å²) < 4.78 is 5.49. The van der Waals surface area contributed by atoms with Gasteiger partial charge in [-0.05, 0) is 30.5 Å². The van der Waals surface area contributed by atoms with Crippen molar-refractivity contribution in [1.82, 2.24) is 15.2 Å². The Morgan fingerprint density at radius 1 is 1.28 bits per heavy atom. The molecule has 0 spiro atoms. The van der Waals surface area contributed by atoms with Crippen molar-refractivity contribution < 1.29 is 9.53 Å². The lowest BCUT2D eigenvalue weighted by atomic mass is 10.2. The molecule has 1 amide bonds. The normalized spacial score (nSPS) is 15.9. The van der Waals surface area contributed by atoms with E-state index in [2.05, 4.69) is 32.7 Å². The van der Waals surface area contributed by atoms with Gasteiger partial charge in [-0.3, -0.25) is 9.69 Å². The molecule has 0 saturated carbocycles. The van der Waals surface area contributed by atoms with E-state index in [4.69, 9.17) is 16.3 Å². The molecule has 5 nitrogen and oxygen atoms in total. The highest BCUT2D eigenvalue weighted by Crippen LogP contribution is 2.29. The molecule has 152 valence electrons. The molecule has 0 radical (unpaired) electrons. The highest BCUT2D eigenvalue weighted by Gasteiger charge is 2.25. The molecule has 2 aromatic heterocycles. The Balaban J connectivity index is 1.47. The number of thiazole rings is 1. The summed E-state index contributed by atoms with van der Waals surface area (Å²) in [4.78, 5) is 21.8. The molecular weight excluding hydrogens is 426 g/mol. The summed E-state index contributed by atoms with van der Waals surface area (Å²) in [6.45, 7) is 5.65. The number of carbonyl (C=O) groups is 1. The van der Waals surface area contributed by atoms with E-state index in [0.29, 0.717) is 16.4 Å². The molecular formula is C21H22ClN3O2S2. The highest BCUT2D eigenvalue weighted by molar-refractivity contribution is 7.17. The van der Waals surface area contributed by atoms with Crippen LogP contribution in [-0.4, -0.2) is 48.6 Å². The number of nitrogens with zero attached hydrogens (tertiary/aromatic N) is 2. The first kappa shape index (κ1) is 20.5. The molecule has 3 heterocycles. The molecule has 1 N–H and O–H groups in total. The minimum absolute atomic E-state index is 0.0740. The third-order valence-electron chi connectivity index (χ3n) is 4.91. The summed E-state index contributed by atoms with van der Waals surface area (Å²) in [6, 6.07) is 11.9. The van der Waals surface area contributed by atoms with E-state index in [1.165, 1.54) is 16.2 Å². The molecule has 1 fully saturated rings. The fourth-order valence-electron chi connectivity index (χ4n) is 3.37. The maximum atomic E-state index is 12.9. The Morgan fingerprint density at radius 2 is 2.03 bits per heavy atom. The number of ether oxygens (including phenoxy) is 1. The molecule has 29 heavy (non-hydrogen) atoms. The number of carbonyl (C=O) groups excluding carboxylic acids is 1. The Hall–Kier alpha value is -1.77. The van der Waals surface area contributed by atoms with Crippen molar-refractivity contribution in [2.75, 3.05) is 32.8 Å². The van der Waals surface area contributed by atoms with Crippen LogP contribution in [0.5, 0.6) is 0 Å². The van der Waals surface area contributed by atoms with Crippen molar-refractivity contribution in [3.05, 3.63) is 62.2 Å². The number of benzene rings is 1. The highest BCUT2D eigenvalue weighted by atomic mass is 35.5. The van der Waals surface area contributed by atoms with Crippen molar-refractivity contribution in [2.24, 2.45) is 0 Å². The summed E-state index contributed by atoms with van der Waals surface area (Å²) in [7, 11) is 0. The van der Waals surface area contributed by atoms with E-state index in [0.717, 1.165) is 42.6 Å². The molecule has 1 atom stereocenters. The quantitative estimate of drug-likeness (QED) is 0.598. The van der Waals surface area contributed by atoms with E-state index < -0.39 is 0 Å². The van der Waals surface area contributed by atoms with Gasteiger partial charge in [0.1, 0.15) is 9.88 Å². The van der Waals surface area contributed by atoms with Gasteiger partial charge in [0.25, 0.3) is 5.91 Å². The number of aryl methyl sites for hydroxylation is 1. The predicted molar refractivity (Wildman–Crippen MR) is 119 cm³/mol. The number of aromatic nitrogens is 1. The van der Waals surface area contributed by atoms with Crippen LogP contribution in [0.15, 0.2) is 41.8 Å². The zero-order valence-electron chi connectivity index (χ0n) is 16.1. The molecule has 8 heteroatoms. The van der Waals surface area contributed by atoms with E-state index in [1.807, 2.05) is 31.2 Å². The van der Waals surface area contributed by atoms with Gasteiger partial charge in [-0.25, -0.2) is 4.98 Å². The van der Waals surface area contributed by atoms with Crippen molar-refractivity contribution in [3.63, 3.8) is 0 Å². The van der Waals surface area contributed by atoms with Crippen LogP contribution in [0.25, 0.3) is 10.6 Å². The van der Waals surface area contributed by atoms with Gasteiger partial charge in [0.15, 0.2) is 0 Å². The minimum Gasteiger partial charge on any atom is -0.379 e. The Kier molecular flexibility index (Phi) is 6.62. The second-order valence-electron chi connectivity index (χ2n) is 6.83. The number of hydrogen-bond acceptors (Lipinski definition) is 6. The first-order valence-electron chi connectivity index (χ1n) is 9.48. The lowest BCUT2D eigenvalue weighted by Crippen LogP contribution is -2.43.